The van der Waals surface area contributed by atoms with Crippen LogP contribution in [-0.2, 0) is 9.53 Å². The second-order valence-corrected chi connectivity index (χ2v) is 5.21. The van der Waals surface area contributed by atoms with Crippen LogP contribution in [0.15, 0.2) is 11.6 Å². The molecule has 15 heavy (non-hydrogen) atoms. The number of ether oxygens (including phenoxy) is 1. The lowest BCUT2D eigenvalue weighted by Crippen LogP contribution is -2.38. The molecule has 1 aliphatic carbocycles. The smallest absolute Gasteiger partial charge is 0.312 e. The average molecular weight is 208 g/mol. The summed E-state index contributed by atoms with van der Waals surface area (Å²) in [5.74, 6) is 0.0637. The summed E-state index contributed by atoms with van der Waals surface area (Å²) < 4.78 is 5.52. The molecule has 2 heteroatoms. The second-order valence-electron chi connectivity index (χ2n) is 5.21. The van der Waals surface area contributed by atoms with Crippen molar-refractivity contribution in [2.75, 3.05) is 0 Å². The third kappa shape index (κ3) is 2.09. The Kier molecular flexibility index (Phi) is 2.85. The third-order valence-electron chi connectivity index (χ3n) is 3.68. The number of cyclic esters (lactones) is 1. The molecule has 1 saturated carbocycles. The van der Waals surface area contributed by atoms with Gasteiger partial charge < -0.3 is 4.74 Å². The first-order valence-electron chi connectivity index (χ1n) is 5.98. The number of hydrogen-bond donors (Lipinski definition) is 0. The number of hydrogen-bond acceptors (Lipinski definition) is 2. The van der Waals surface area contributed by atoms with Crippen molar-refractivity contribution >= 4 is 5.97 Å². The molecule has 0 N–H and O–H groups in total. The lowest BCUT2D eigenvalue weighted by atomic mass is 9.79. The van der Waals surface area contributed by atoms with E-state index in [1.54, 1.807) is 0 Å². The summed E-state index contributed by atoms with van der Waals surface area (Å²) in [7, 11) is 0. The predicted octanol–water partition coefficient (Wildman–Crippen LogP) is 3.22. The van der Waals surface area contributed by atoms with Gasteiger partial charge in [-0.2, -0.15) is 0 Å². The maximum atomic E-state index is 12.0. The highest BCUT2D eigenvalue weighted by atomic mass is 16.5. The van der Waals surface area contributed by atoms with Gasteiger partial charge >= 0.3 is 5.97 Å². The number of rotatable bonds is 1. The van der Waals surface area contributed by atoms with Crippen LogP contribution >= 0.6 is 0 Å². The zero-order valence-electron chi connectivity index (χ0n) is 9.71. The Morgan fingerprint density at radius 2 is 2.00 bits per heavy atom. The summed E-state index contributed by atoms with van der Waals surface area (Å²) in [4.78, 5) is 12.0. The van der Waals surface area contributed by atoms with Gasteiger partial charge in [0, 0.05) is 0 Å². The minimum atomic E-state index is -0.0913. The molecule has 0 aromatic carbocycles. The number of allylic oxidation sites excluding steroid dienone is 1. The molecule has 0 unspecified atom stereocenters. The molecule has 84 valence electrons. The Bertz CT molecular complexity index is 281. The highest BCUT2D eigenvalue weighted by Gasteiger charge is 2.45. The molecule has 1 atom stereocenters. The summed E-state index contributed by atoms with van der Waals surface area (Å²) in [6.45, 7) is 4.10. The molecule has 1 saturated heterocycles. The fraction of sp³-hybridized carbons (Fsp3) is 0.769. The summed E-state index contributed by atoms with van der Waals surface area (Å²) >= 11 is 0. The van der Waals surface area contributed by atoms with Gasteiger partial charge in [-0.1, -0.05) is 18.4 Å². The van der Waals surface area contributed by atoms with Crippen molar-refractivity contribution in [3.8, 4) is 0 Å². The Balaban J connectivity index is 2.03. The van der Waals surface area contributed by atoms with Crippen molar-refractivity contribution in [2.45, 2.75) is 58.5 Å². The van der Waals surface area contributed by atoms with Gasteiger partial charge in [0.1, 0.15) is 6.10 Å². The third-order valence-corrected chi connectivity index (χ3v) is 3.68. The molecule has 1 aliphatic heterocycles. The lowest BCUT2D eigenvalue weighted by Gasteiger charge is -2.34. The fourth-order valence-electron chi connectivity index (χ4n) is 2.84. The molecule has 2 nitrogen and oxygen atoms in total. The van der Waals surface area contributed by atoms with Crippen LogP contribution in [0.1, 0.15) is 52.4 Å². The average Bonchev–Trinajstić information content (AvgIpc) is 2.61. The van der Waals surface area contributed by atoms with Crippen LogP contribution in [0, 0.1) is 5.41 Å². The summed E-state index contributed by atoms with van der Waals surface area (Å²) in [5, 5.41) is 0. The van der Waals surface area contributed by atoms with E-state index in [1.807, 2.05) is 13.8 Å². The van der Waals surface area contributed by atoms with Crippen LogP contribution in [0.4, 0.5) is 0 Å². The first kappa shape index (κ1) is 10.7. The van der Waals surface area contributed by atoms with Gasteiger partial charge in [0.15, 0.2) is 0 Å². The van der Waals surface area contributed by atoms with Gasteiger partial charge in [-0.25, -0.2) is 0 Å². The Hall–Kier alpha value is -0.790. The van der Waals surface area contributed by atoms with Crippen LogP contribution in [0.3, 0.4) is 0 Å². The van der Waals surface area contributed by atoms with Crippen LogP contribution in [0.25, 0.3) is 0 Å². The van der Waals surface area contributed by atoms with Gasteiger partial charge in [0.25, 0.3) is 0 Å². The number of carbonyl (C=O) groups is 1. The van der Waals surface area contributed by atoms with E-state index >= 15 is 0 Å². The van der Waals surface area contributed by atoms with E-state index in [-0.39, 0.29) is 17.5 Å². The summed E-state index contributed by atoms with van der Waals surface area (Å²) in [6, 6.07) is 0. The molecule has 0 bridgehead atoms. The Labute approximate surface area is 91.7 Å². The van der Waals surface area contributed by atoms with E-state index in [2.05, 4.69) is 6.08 Å². The fourth-order valence-corrected chi connectivity index (χ4v) is 2.84. The molecule has 2 aliphatic rings. The van der Waals surface area contributed by atoms with Gasteiger partial charge in [-0.05, 0) is 45.6 Å². The normalized spacial score (nSPS) is 28.9. The van der Waals surface area contributed by atoms with Crippen LogP contribution < -0.4 is 0 Å². The second kappa shape index (κ2) is 3.99. The van der Waals surface area contributed by atoms with E-state index in [1.165, 1.54) is 18.4 Å². The first-order chi connectivity index (χ1) is 7.12. The van der Waals surface area contributed by atoms with E-state index < -0.39 is 0 Å². The van der Waals surface area contributed by atoms with E-state index in [0.29, 0.717) is 0 Å². The van der Waals surface area contributed by atoms with Crippen molar-refractivity contribution in [3.05, 3.63) is 11.6 Å². The lowest BCUT2D eigenvalue weighted by molar-refractivity contribution is -0.166. The van der Waals surface area contributed by atoms with Crippen molar-refractivity contribution < 1.29 is 9.53 Å². The molecule has 0 amide bonds. The number of esters is 1. The first-order valence-corrected chi connectivity index (χ1v) is 5.98. The maximum Gasteiger partial charge on any atom is 0.312 e. The maximum absolute atomic E-state index is 12.0. The molecule has 1 heterocycles. The van der Waals surface area contributed by atoms with E-state index in [0.717, 1.165) is 25.7 Å². The van der Waals surface area contributed by atoms with E-state index in [9.17, 15) is 4.79 Å². The van der Waals surface area contributed by atoms with Gasteiger partial charge in [-0.3, -0.25) is 4.79 Å². The topological polar surface area (TPSA) is 26.3 Å². The minimum Gasteiger partial charge on any atom is -0.458 e. The Morgan fingerprint density at radius 1 is 1.33 bits per heavy atom. The molecular formula is C13H20O2. The largest absolute Gasteiger partial charge is 0.458 e. The zero-order chi connectivity index (χ0) is 10.9. The molecule has 1 spiro atoms. The van der Waals surface area contributed by atoms with Gasteiger partial charge in [-0.15, -0.1) is 0 Å². The SMILES string of the molecule is CC(C)=C[C@@H]1CCC2(CCCC2)C(=O)O1. The monoisotopic (exact) mass is 208 g/mol. The summed E-state index contributed by atoms with van der Waals surface area (Å²) in [5.41, 5.74) is 1.14. The molecule has 0 radical (unpaired) electrons. The molecule has 0 aromatic heterocycles. The van der Waals surface area contributed by atoms with Gasteiger partial charge in [0.2, 0.25) is 0 Å². The zero-order valence-corrected chi connectivity index (χ0v) is 9.71. The highest BCUT2D eigenvalue weighted by Crippen LogP contribution is 2.46. The molecular weight excluding hydrogens is 188 g/mol. The van der Waals surface area contributed by atoms with Crippen molar-refractivity contribution in [2.24, 2.45) is 5.41 Å². The van der Waals surface area contributed by atoms with Crippen LogP contribution in [0.5, 0.6) is 0 Å². The quantitative estimate of drug-likeness (QED) is 0.488. The molecule has 2 rings (SSSR count). The molecule has 0 aromatic rings. The van der Waals surface area contributed by atoms with E-state index in [4.69, 9.17) is 4.74 Å². The predicted molar refractivity (Wildman–Crippen MR) is 59.4 cm³/mol. The standard InChI is InChI=1S/C13H20O2/c1-10(2)9-11-5-8-13(12(14)15-11)6-3-4-7-13/h9,11H,3-8H2,1-2H3/t11-/m0/s1. The van der Waals surface area contributed by atoms with Crippen molar-refractivity contribution in [3.63, 3.8) is 0 Å². The number of carbonyl (C=O) groups excluding carboxylic acids is 1. The summed E-state index contributed by atoms with van der Waals surface area (Å²) in [6.07, 6.45) is 8.64. The van der Waals surface area contributed by atoms with Crippen molar-refractivity contribution in [1.29, 1.82) is 0 Å². The van der Waals surface area contributed by atoms with Gasteiger partial charge in [0.05, 0.1) is 5.41 Å². The molecule has 2 fully saturated rings. The van der Waals surface area contributed by atoms with Crippen LogP contribution in [-0.4, -0.2) is 12.1 Å². The Morgan fingerprint density at radius 3 is 2.53 bits per heavy atom. The minimum absolute atomic E-state index is 0.0359. The van der Waals surface area contributed by atoms with Crippen LogP contribution in [0.2, 0.25) is 0 Å². The van der Waals surface area contributed by atoms with Crippen molar-refractivity contribution in [1.82, 2.24) is 0 Å². The highest BCUT2D eigenvalue weighted by molar-refractivity contribution is 5.78.